The zero-order valence-corrected chi connectivity index (χ0v) is 14.8. The monoisotopic (exact) mass is 326 g/mol. The Kier molecular flexibility index (Phi) is 7.81. The van der Waals surface area contributed by atoms with E-state index in [9.17, 15) is 4.79 Å². The third kappa shape index (κ3) is 6.35. The number of aliphatic carboxylic acids is 1. The fourth-order valence-electron chi connectivity index (χ4n) is 3.71. The summed E-state index contributed by atoms with van der Waals surface area (Å²) in [5.41, 5.74) is 2.86. The first kappa shape index (κ1) is 18.5. The summed E-state index contributed by atoms with van der Waals surface area (Å²) in [4.78, 5) is 10.3. The number of allylic oxidation sites excluding steroid dienone is 3. The van der Waals surface area contributed by atoms with E-state index in [-0.39, 0.29) is 0 Å². The molecule has 0 aromatic heterocycles. The average molecular weight is 326 g/mol. The fraction of sp³-hybridized carbons (Fsp3) is 0.500. The minimum Gasteiger partial charge on any atom is -0.478 e. The van der Waals surface area contributed by atoms with Crippen molar-refractivity contribution < 1.29 is 9.90 Å². The summed E-state index contributed by atoms with van der Waals surface area (Å²) in [6.45, 7) is 2.29. The van der Waals surface area contributed by atoms with Crippen molar-refractivity contribution in [3.63, 3.8) is 0 Å². The Labute approximate surface area is 146 Å². The van der Waals surface area contributed by atoms with Crippen LogP contribution in [0.25, 0.3) is 0 Å². The number of carboxylic acids is 1. The van der Waals surface area contributed by atoms with Gasteiger partial charge in [0.2, 0.25) is 0 Å². The first-order valence-electron chi connectivity index (χ1n) is 9.34. The Balaban J connectivity index is 1.76. The molecule has 1 fully saturated rings. The molecule has 0 unspecified atom stereocenters. The van der Waals surface area contributed by atoms with Crippen molar-refractivity contribution in [1.82, 2.24) is 0 Å². The molecule has 0 spiro atoms. The number of aryl methyl sites for hydroxylation is 1. The molecule has 0 atom stereocenters. The number of carbonyl (C=O) groups is 1. The minimum atomic E-state index is -0.904. The van der Waals surface area contributed by atoms with Gasteiger partial charge in [-0.15, -0.1) is 0 Å². The van der Waals surface area contributed by atoms with Gasteiger partial charge in [-0.2, -0.15) is 0 Å². The van der Waals surface area contributed by atoms with Gasteiger partial charge in [-0.3, -0.25) is 0 Å². The van der Waals surface area contributed by atoms with Crippen molar-refractivity contribution in [3.8, 4) is 0 Å². The van der Waals surface area contributed by atoms with Gasteiger partial charge in [0, 0.05) is 6.08 Å². The molecule has 0 heterocycles. The molecule has 1 aromatic carbocycles. The van der Waals surface area contributed by atoms with E-state index in [1.54, 1.807) is 12.2 Å². The quantitative estimate of drug-likeness (QED) is 0.477. The van der Waals surface area contributed by atoms with Crippen LogP contribution in [-0.4, -0.2) is 11.1 Å². The maximum Gasteiger partial charge on any atom is 0.328 e. The maximum absolute atomic E-state index is 10.3. The third-order valence-electron chi connectivity index (χ3n) is 5.08. The average Bonchev–Trinajstić information content (AvgIpc) is 2.59. The van der Waals surface area contributed by atoms with Crippen molar-refractivity contribution in [2.45, 2.75) is 64.2 Å². The first-order valence-corrected chi connectivity index (χ1v) is 9.34. The number of carboxylic acid groups (broad SMARTS) is 1. The molecule has 1 N–H and O–H groups in total. The highest BCUT2D eigenvalue weighted by atomic mass is 16.4. The summed E-state index contributed by atoms with van der Waals surface area (Å²) >= 11 is 0. The summed E-state index contributed by atoms with van der Waals surface area (Å²) in [7, 11) is 0. The zero-order chi connectivity index (χ0) is 17.2. The Morgan fingerprint density at radius 1 is 1.12 bits per heavy atom. The number of hydrogen-bond acceptors (Lipinski definition) is 1. The van der Waals surface area contributed by atoms with Gasteiger partial charge in [0.15, 0.2) is 0 Å². The van der Waals surface area contributed by atoms with Crippen LogP contribution in [0.1, 0.15) is 68.9 Å². The Hall–Kier alpha value is -1.83. The van der Waals surface area contributed by atoms with Gasteiger partial charge < -0.3 is 5.11 Å². The lowest BCUT2D eigenvalue weighted by Crippen LogP contribution is -2.13. The smallest absolute Gasteiger partial charge is 0.328 e. The van der Waals surface area contributed by atoms with E-state index < -0.39 is 5.97 Å². The molecule has 2 nitrogen and oxygen atoms in total. The number of benzene rings is 1. The summed E-state index contributed by atoms with van der Waals surface area (Å²) < 4.78 is 0. The third-order valence-corrected chi connectivity index (χ3v) is 5.08. The lowest BCUT2D eigenvalue weighted by atomic mass is 9.77. The maximum atomic E-state index is 10.3. The molecule has 1 aromatic rings. The molecule has 130 valence electrons. The summed E-state index contributed by atoms with van der Waals surface area (Å²) in [6.07, 6.45) is 16.7. The molecule has 1 aliphatic rings. The van der Waals surface area contributed by atoms with Crippen molar-refractivity contribution in [2.75, 3.05) is 0 Å². The lowest BCUT2D eigenvalue weighted by Gasteiger charge is -2.28. The summed E-state index contributed by atoms with van der Waals surface area (Å²) in [5, 5.41) is 8.50. The van der Waals surface area contributed by atoms with Crippen molar-refractivity contribution >= 4 is 5.97 Å². The van der Waals surface area contributed by atoms with Crippen LogP contribution in [0.2, 0.25) is 0 Å². The van der Waals surface area contributed by atoms with Crippen LogP contribution in [-0.2, 0) is 11.2 Å². The van der Waals surface area contributed by atoms with E-state index in [4.69, 9.17) is 5.11 Å². The fourth-order valence-corrected chi connectivity index (χ4v) is 3.71. The Morgan fingerprint density at radius 2 is 1.83 bits per heavy atom. The van der Waals surface area contributed by atoms with Crippen LogP contribution in [0.3, 0.4) is 0 Å². The molecule has 2 rings (SSSR count). The van der Waals surface area contributed by atoms with E-state index >= 15 is 0 Å². The predicted octanol–water partition coefficient (Wildman–Crippen LogP) is 5.89. The molecule has 24 heavy (non-hydrogen) atoms. The molecule has 2 heteroatoms. The van der Waals surface area contributed by atoms with Crippen LogP contribution in [0.5, 0.6) is 0 Å². The topological polar surface area (TPSA) is 37.3 Å². The largest absolute Gasteiger partial charge is 0.478 e. The molecule has 0 amide bonds. The normalized spacial score (nSPS) is 21.5. The van der Waals surface area contributed by atoms with Crippen molar-refractivity contribution in [1.29, 1.82) is 0 Å². The number of rotatable bonds is 8. The highest BCUT2D eigenvalue weighted by Crippen LogP contribution is 2.37. The SMILES string of the molecule is CCC[C@H]1CC[C@H](c2ccc(CC/C=C/C=C/C(=O)O)cc2)CC1. The van der Waals surface area contributed by atoms with Gasteiger partial charge in [0.1, 0.15) is 0 Å². The van der Waals surface area contributed by atoms with E-state index in [2.05, 4.69) is 31.2 Å². The Bertz CT molecular complexity index is 546. The van der Waals surface area contributed by atoms with Crippen molar-refractivity contribution in [3.05, 3.63) is 59.7 Å². The molecule has 1 saturated carbocycles. The second-order valence-electron chi connectivity index (χ2n) is 6.91. The second kappa shape index (κ2) is 10.1. The zero-order valence-electron chi connectivity index (χ0n) is 14.8. The van der Waals surface area contributed by atoms with E-state index in [1.807, 2.05) is 6.08 Å². The van der Waals surface area contributed by atoms with Crippen LogP contribution in [0.15, 0.2) is 48.6 Å². The van der Waals surface area contributed by atoms with Gasteiger partial charge >= 0.3 is 5.97 Å². The van der Waals surface area contributed by atoms with E-state index in [0.717, 1.165) is 30.8 Å². The molecule has 0 radical (unpaired) electrons. The summed E-state index contributed by atoms with van der Waals surface area (Å²) in [5.74, 6) is 0.819. The van der Waals surface area contributed by atoms with Crippen LogP contribution >= 0.6 is 0 Å². The highest BCUT2D eigenvalue weighted by Gasteiger charge is 2.21. The lowest BCUT2D eigenvalue weighted by molar-refractivity contribution is -0.131. The molecular weight excluding hydrogens is 296 g/mol. The van der Waals surface area contributed by atoms with Gasteiger partial charge in [-0.05, 0) is 61.5 Å². The van der Waals surface area contributed by atoms with E-state index in [0.29, 0.717) is 0 Å². The predicted molar refractivity (Wildman–Crippen MR) is 100 cm³/mol. The summed E-state index contributed by atoms with van der Waals surface area (Å²) in [6, 6.07) is 9.14. The standard InChI is InChI=1S/C22H30O2/c1-2-7-18-10-14-20(15-11-18)21-16-12-19(13-17-21)8-5-3-4-6-9-22(23)24/h3-4,6,9,12-13,16-18,20H,2,5,7-8,10-11,14-15H2,1H3,(H,23,24)/b4-3+,9-6+/t18-,20-. The molecule has 0 aliphatic heterocycles. The van der Waals surface area contributed by atoms with E-state index in [1.165, 1.54) is 49.7 Å². The van der Waals surface area contributed by atoms with Gasteiger partial charge in [-0.25, -0.2) is 4.79 Å². The second-order valence-corrected chi connectivity index (χ2v) is 6.91. The molecule has 1 aliphatic carbocycles. The highest BCUT2D eigenvalue weighted by molar-refractivity contribution is 5.80. The first-order chi connectivity index (χ1) is 11.7. The van der Waals surface area contributed by atoms with Gasteiger partial charge in [0.05, 0.1) is 0 Å². The van der Waals surface area contributed by atoms with Gasteiger partial charge in [-0.1, -0.05) is 62.3 Å². The molecular formula is C22H30O2. The van der Waals surface area contributed by atoms with Gasteiger partial charge in [0.25, 0.3) is 0 Å². The van der Waals surface area contributed by atoms with Crippen molar-refractivity contribution in [2.24, 2.45) is 5.92 Å². The van der Waals surface area contributed by atoms with Crippen LogP contribution in [0, 0.1) is 5.92 Å². The van der Waals surface area contributed by atoms with Crippen LogP contribution in [0.4, 0.5) is 0 Å². The molecule has 0 bridgehead atoms. The van der Waals surface area contributed by atoms with Crippen LogP contribution < -0.4 is 0 Å². The molecule has 0 saturated heterocycles. The number of hydrogen-bond donors (Lipinski definition) is 1. The minimum absolute atomic E-state index is 0.758. The Morgan fingerprint density at radius 3 is 2.46 bits per heavy atom.